The van der Waals surface area contributed by atoms with Gasteiger partial charge in [-0.1, -0.05) is 17.7 Å². The minimum absolute atomic E-state index is 0.0152. The van der Waals surface area contributed by atoms with Gasteiger partial charge in [-0.05, 0) is 55.0 Å². The molecule has 1 spiro atoms. The van der Waals surface area contributed by atoms with Gasteiger partial charge in [0.25, 0.3) is 0 Å². The fourth-order valence-corrected chi connectivity index (χ4v) is 5.44. The Kier molecular flexibility index (Phi) is 7.32. The van der Waals surface area contributed by atoms with Gasteiger partial charge in [0.05, 0.1) is 4.90 Å². The van der Waals surface area contributed by atoms with Gasteiger partial charge < -0.3 is 10.4 Å². The number of nitrogens with one attached hydrogen (secondary N) is 1. The van der Waals surface area contributed by atoms with E-state index in [4.69, 9.17) is 9.90 Å². The van der Waals surface area contributed by atoms with E-state index in [9.17, 15) is 26.4 Å². The van der Waals surface area contributed by atoms with Crippen LogP contribution in [-0.4, -0.2) is 54.0 Å². The number of sulfonamides is 1. The van der Waals surface area contributed by atoms with Crippen LogP contribution in [0.4, 0.5) is 13.2 Å². The number of nitrogens with zero attached hydrogens (tertiary/aromatic N) is 2. The molecule has 1 aromatic carbocycles. The number of hydrogen-bond acceptors (Lipinski definition) is 5. The van der Waals surface area contributed by atoms with Crippen LogP contribution in [0.3, 0.4) is 0 Å². The van der Waals surface area contributed by atoms with Crippen molar-refractivity contribution < 1.29 is 36.3 Å². The van der Waals surface area contributed by atoms with Crippen LogP contribution in [0, 0.1) is 18.3 Å². The third kappa shape index (κ3) is 5.92. The quantitative estimate of drug-likeness (QED) is 0.654. The molecule has 34 heavy (non-hydrogen) atoms. The normalized spacial score (nSPS) is 22.1. The number of halogens is 3. The molecule has 2 heterocycles. The van der Waals surface area contributed by atoms with Crippen LogP contribution in [0.15, 0.2) is 53.7 Å². The van der Waals surface area contributed by atoms with Gasteiger partial charge in [0.15, 0.2) is 0 Å². The zero-order valence-corrected chi connectivity index (χ0v) is 19.1. The van der Waals surface area contributed by atoms with Crippen molar-refractivity contribution in [3.8, 4) is 0 Å². The summed E-state index contributed by atoms with van der Waals surface area (Å²) in [6.45, 7) is 3.31. The maximum Gasteiger partial charge on any atom is 0.490 e. The monoisotopic (exact) mass is 499 g/mol. The third-order valence-corrected chi connectivity index (χ3v) is 7.83. The summed E-state index contributed by atoms with van der Waals surface area (Å²) in [4.78, 5) is 25.7. The van der Waals surface area contributed by atoms with Crippen LogP contribution in [0.1, 0.15) is 24.0 Å². The van der Waals surface area contributed by atoms with Gasteiger partial charge in [-0.2, -0.15) is 17.5 Å². The molecule has 184 valence electrons. The largest absolute Gasteiger partial charge is 0.490 e. The van der Waals surface area contributed by atoms with E-state index >= 15 is 0 Å². The number of rotatable bonds is 5. The number of benzene rings is 1. The van der Waals surface area contributed by atoms with Crippen molar-refractivity contribution >= 4 is 21.9 Å². The average molecular weight is 500 g/mol. The van der Waals surface area contributed by atoms with Crippen LogP contribution in [0.25, 0.3) is 0 Å². The number of carbonyl (C=O) groups is 2. The van der Waals surface area contributed by atoms with Crippen LogP contribution in [0.2, 0.25) is 0 Å². The fraction of sp³-hybridized carbons (Fsp3) is 0.409. The summed E-state index contributed by atoms with van der Waals surface area (Å²) in [7, 11) is -3.50. The van der Waals surface area contributed by atoms with Crippen LogP contribution in [0.5, 0.6) is 0 Å². The maximum absolute atomic E-state index is 12.9. The minimum Gasteiger partial charge on any atom is -0.475 e. The summed E-state index contributed by atoms with van der Waals surface area (Å²) in [5.74, 6) is -2.84. The minimum atomic E-state index is -5.08. The van der Waals surface area contributed by atoms with Gasteiger partial charge in [0, 0.05) is 37.9 Å². The molecule has 2 aliphatic rings. The summed E-state index contributed by atoms with van der Waals surface area (Å²) >= 11 is 0. The Morgan fingerprint density at radius 3 is 2.32 bits per heavy atom. The lowest BCUT2D eigenvalue weighted by atomic mass is 10.0. The lowest BCUT2D eigenvalue weighted by Gasteiger charge is -2.17. The van der Waals surface area contributed by atoms with E-state index < -0.39 is 22.2 Å². The van der Waals surface area contributed by atoms with Crippen LogP contribution >= 0.6 is 0 Å². The first-order valence-electron chi connectivity index (χ1n) is 10.4. The molecular formula is C22H24F3N3O5S. The molecule has 8 nitrogen and oxygen atoms in total. The first-order chi connectivity index (χ1) is 15.8. The second-order valence-corrected chi connectivity index (χ2v) is 10.3. The van der Waals surface area contributed by atoms with E-state index in [1.807, 2.05) is 31.2 Å². The predicted octanol–water partition coefficient (Wildman–Crippen LogP) is 2.74. The number of carboxylic acids is 1. The fourth-order valence-electron chi connectivity index (χ4n) is 3.90. The Morgan fingerprint density at radius 1 is 1.18 bits per heavy atom. The van der Waals surface area contributed by atoms with E-state index in [-0.39, 0.29) is 17.2 Å². The van der Waals surface area contributed by atoms with E-state index in [0.29, 0.717) is 24.5 Å². The SMILES string of the molecule is Cc1ccc(S(=O)(=O)N2CCC3(CC3C(=O)NCc3ccncc3)C2)cc1.O=C(O)C(F)(F)F. The Balaban J connectivity index is 0.000000406. The van der Waals surface area contributed by atoms with Gasteiger partial charge in [-0.15, -0.1) is 0 Å². The van der Waals surface area contributed by atoms with Crippen molar-refractivity contribution in [2.45, 2.75) is 37.4 Å². The van der Waals surface area contributed by atoms with E-state index in [2.05, 4.69) is 10.3 Å². The molecule has 1 amide bonds. The van der Waals surface area contributed by atoms with Crippen LogP contribution < -0.4 is 5.32 Å². The number of hydrogen-bond donors (Lipinski definition) is 2. The molecule has 1 saturated carbocycles. The van der Waals surface area contributed by atoms with E-state index in [1.54, 1.807) is 24.5 Å². The zero-order chi connectivity index (χ0) is 25.1. The highest BCUT2D eigenvalue weighted by atomic mass is 32.2. The number of alkyl halides is 3. The zero-order valence-electron chi connectivity index (χ0n) is 18.2. The number of aromatic nitrogens is 1. The standard InChI is InChI=1S/C20H23N3O3S.C2HF3O2/c1-15-2-4-17(5-3-15)27(25,26)23-11-8-20(14-23)12-18(20)19(24)22-13-16-6-9-21-10-7-16;3-2(4,5)1(6)7/h2-7,9-10,18H,8,11-14H2,1H3,(H,22,24);(H,6,7). The summed E-state index contributed by atoms with van der Waals surface area (Å²) in [5.41, 5.74) is 1.84. The van der Waals surface area contributed by atoms with E-state index in [1.165, 1.54) is 4.31 Å². The van der Waals surface area contributed by atoms with Gasteiger partial charge >= 0.3 is 12.1 Å². The molecule has 2 fully saturated rings. The number of carboxylic acid groups (broad SMARTS) is 1. The molecule has 4 rings (SSSR count). The van der Waals surface area contributed by atoms with E-state index in [0.717, 1.165) is 24.0 Å². The average Bonchev–Trinajstić information content (AvgIpc) is 3.31. The van der Waals surface area contributed by atoms with Crippen molar-refractivity contribution in [1.82, 2.24) is 14.6 Å². The third-order valence-electron chi connectivity index (χ3n) is 5.97. The highest BCUT2D eigenvalue weighted by Crippen LogP contribution is 2.59. The lowest BCUT2D eigenvalue weighted by molar-refractivity contribution is -0.192. The molecular weight excluding hydrogens is 475 g/mol. The number of amides is 1. The number of aliphatic carboxylic acids is 1. The van der Waals surface area contributed by atoms with Crippen LogP contribution in [-0.2, 0) is 26.2 Å². The highest BCUT2D eigenvalue weighted by Gasteiger charge is 2.62. The van der Waals surface area contributed by atoms with Gasteiger partial charge in [-0.25, -0.2) is 13.2 Å². The molecule has 2 atom stereocenters. The molecule has 1 aliphatic heterocycles. The van der Waals surface area contributed by atoms with Gasteiger partial charge in [0.1, 0.15) is 0 Å². The molecule has 1 aliphatic carbocycles. The maximum atomic E-state index is 12.9. The van der Waals surface area contributed by atoms with Crippen molar-refractivity contribution in [3.05, 3.63) is 59.9 Å². The molecule has 2 N–H and O–H groups in total. The summed E-state index contributed by atoms with van der Waals surface area (Å²) in [6, 6.07) is 10.7. The molecule has 1 aromatic heterocycles. The summed E-state index contributed by atoms with van der Waals surface area (Å²) in [5, 5.41) is 10.1. The second-order valence-electron chi connectivity index (χ2n) is 8.40. The first kappa shape index (κ1) is 25.6. The highest BCUT2D eigenvalue weighted by molar-refractivity contribution is 7.89. The van der Waals surface area contributed by atoms with Crippen molar-refractivity contribution in [2.24, 2.45) is 11.3 Å². The molecule has 12 heteroatoms. The Bertz CT molecular complexity index is 1140. The predicted molar refractivity (Wildman–Crippen MR) is 115 cm³/mol. The molecule has 2 aromatic rings. The van der Waals surface area contributed by atoms with Gasteiger partial charge in [-0.3, -0.25) is 9.78 Å². The number of carbonyl (C=O) groups excluding carboxylic acids is 1. The Labute approximate surface area is 194 Å². The Morgan fingerprint density at radius 2 is 1.76 bits per heavy atom. The molecule has 0 bridgehead atoms. The van der Waals surface area contributed by atoms with Gasteiger partial charge in [0.2, 0.25) is 15.9 Å². The van der Waals surface area contributed by atoms with Crippen molar-refractivity contribution in [2.75, 3.05) is 13.1 Å². The van der Waals surface area contributed by atoms with Crippen molar-refractivity contribution in [1.29, 1.82) is 0 Å². The topological polar surface area (TPSA) is 117 Å². The first-order valence-corrected chi connectivity index (χ1v) is 11.8. The molecule has 0 radical (unpaired) electrons. The second kappa shape index (κ2) is 9.71. The summed E-state index contributed by atoms with van der Waals surface area (Å²) < 4.78 is 59.0. The number of aryl methyl sites for hydroxylation is 1. The van der Waals surface area contributed by atoms with Crippen molar-refractivity contribution in [3.63, 3.8) is 0 Å². The summed E-state index contributed by atoms with van der Waals surface area (Å²) in [6.07, 6.45) is -0.184. The number of pyridine rings is 1. The lowest BCUT2D eigenvalue weighted by Crippen LogP contribution is -2.31. The molecule has 1 saturated heterocycles. The smallest absolute Gasteiger partial charge is 0.475 e. The Hall–Kier alpha value is -2.99. The molecule has 2 unspecified atom stereocenters.